The van der Waals surface area contributed by atoms with Gasteiger partial charge in [0.15, 0.2) is 0 Å². The second-order valence-electron chi connectivity index (χ2n) is 4.29. The molecule has 0 fully saturated rings. The molecule has 0 aromatic heterocycles. The van der Waals surface area contributed by atoms with E-state index < -0.39 is 11.7 Å². The van der Waals surface area contributed by atoms with E-state index in [9.17, 15) is 9.59 Å². The first-order valence-corrected chi connectivity index (χ1v) is 4.78. The molecule has 0 aromatic carbocycles. The van der Waals surface area contributed by atoms with Crippen LogP contribution in [0.3, 0.4) is 0 Å². The molecule has 0 saturated heterocycles. The highest BCUT2D eigenvalue weighted by Gasteiger charge is 2.17. The minimum absolute atomic E-state index is 0.0324. The molecular formula is C10H19NO3. The monoisotopic (exact) mass is 201 g/mol. The summed E-state index contributed by atoms with van der Waals surface area (Å²) in [6.45, 7) is 7.27. The van der Waals surface area contributed by atoms with E-state index in [-0.39, 0.29) is 6.04 Å². The van der Waals surface area contributed by atoms with Gasteiger partial charge in [-0.1, -0.05) is 0 Å². The molecule has 0 aliphatic heterocycles. The van der Waals surface area contributed by atoms with E-state index in [0.717, 1.165) is 6.29 Å². The third-order valence-electron chi connectivity index (χ3n) is 1.48. The Morgan fingerprint density at radius 3 is 2.50 bits per heavy atom. The second-order valence-corrected chi connectivity index (χ2v) is 4.29. The Labute approximate surface area is 85.0 Å². The summed E-state index contributed by atoms with van der Waals surface area (Å²) in [5.74, 6) is 0. The summed E-state index contributed by atoms with van der Waals surface area (Å²) in [6.07, 6.45) is 1.50. The quantitative estimate of drug-likeness (QED) is 0.706. The summed E-state index contributed by atoms with van der Waals surface area (Å²) in [6, 6.07) is -0.0324. The van der Waals surface area contributed by atoms with Crippen LogP contribution < -0.4 is 5.32 Å². The Bertz CT molecular complexity index is 196. The van der Waals surface area contributed by atoms with Crippen molar-refractivity contribution < 1.29 is 14.3 Å². The summed E-state index contributed by atoms with van der Waals surface area (Å²) in [4.78, 5) is 21.3. The number of ether oxygens (including phenoxy) is 1. The van der Waals surface area contributed by atoms with Crippen molar-refractivity contribution >= 4 is 12.4 Å². The lowest BCUT2D eigenvalue weighted by atomic mass is 10.2. The maximum Gasteiger partial charge on any atom is 0.407 e. The van der Waals surface area contributed by atoms with Crippen molar-refractivity contribution in [2.45, 2.75) is 52.2 Å². The summed E-state index contributed by atoms with van der Waals surface area (Å²) in [7, 11) is 0. The van der Waals surface area contributed by atoms with Crippen molar-refractivity contribution in [3.05, 3.63) is 0 Å². The number of hydrogen-bond donors (Lipinski definition) is 1. The van der Waals surface area contributed by atoms with Crippen LogP contribution >= 0.6 is 0 Å². The van der Waals surface area contributed by atoms with Gasteiger partial charge in [-0.05, 0) is 34.1 Å². The molecule has 0 radical (unpaired) electrons. The first-order valence-electron chi connectivity index (χ1n) is 4.78. The van der Waals surface area contributed by atoms with Crippen molar-refractivity contribution in [2.24, 2.45) is 0 Å². The van der Waals surface area contributed by atoms with Crippen LogP contribution in [-0.4, -0.2) is 24.0 Å². The lowest BCUT2D eigenvalue weighted by Crippen LogP contribution is -2.37. The Hall–Kier alpha value is -1.06. The zero-order chi connectivity index (χ0) is 11.2. The van der Waals surface area contributed by atoms with Crippen LogP contribution in [0.5, 0.6) is 0 Å². The van der Waals surface area contributed by atoms with Gasteiger partial charge in [-0.3, -0.25) is 0 Å². The number of alkyl carbamates (subject to hydrolysis) is 1. The van der Waals surface area contributed by atoms with Gasteiger partial charge in [-0.15, -0.1) is 0 Å². The van der Waals surface area contributed by atoms with Gasteiger partial charge >= 0.3 is 6.09 Å². The largest absolute Gasteiger partial charge is 0.444 e. The highest BCUT2D eigenvalue weighted by molar-refractivity contribution is 5.68. The van der Waals surface area contributed by atoms with E-state index in [0.29, 0.717) is 12.8 Å². The van der Waals surface area contributed by atoms with E-state index in [2.05, 4.69) is 5.32 Å². The van der Waals surface area contributed by atoms with Crippen molar-refractivity contribution in [3.8, 4) is 0 Å². The molecular weight excluding hydrogens is 182 g/mol. The van der Waals surface area contributed by atoms with Gasteiger partial charge in [0.1, 0.15) is 11.9 Å². The Kier molecular flexibility index (Phi) is 5.20. The van der Waals surface area contributed by atoms with Crippen molar-refractivity contribution in [1.82, 2.24) is 5.32 Å². The van der Waals surface area contributed by atoms with Crippen LogP contribution in [0.4, 0.5) is 4.79 Å². The summed E-state index contributed by atoms with van der Waals surface area (Å²) in [5, 5.41) is 2.65. The molecule has 1 N–H and O–H groups in total. The number of nitrogens with one attached hydrogen (secondary N) is 1. The third kappa shape index (κ3) is 7.58. The molecule has 1 atom stereocenters. The van der Waals surface area contributed by atoms with Gasteiger partial charge in [-0.2, -0.15) is 0 Å². The average Bonchev–Trinajstić information content (AvgIpc) is 1.96. The van der Waals surface area contributed by atoms with Gasteiger partial charge in [0.2, 0.25) is 0 Å². The van der Waals surface area contributed by atoms with E-state index >= 15 is 0 Å². The fourth-order valence-corrected chi connectivity index (χ4v) is 0.899. The first-order chi connectivity index (χ1) is 6.35. The van der Waals surface area contributed by atoms with Crippen LogP contribution in [0.15, 0.2) is 0 Å². The van der Waals surface area contributed by atoms with Crippen LogP contribution in [0, 0.1) is 0 Å². The minimum Gasteiger partial charge on any atom is -0.444 e. The fourth-order valence-electron chi connectivity index (χ4n) is 0.899. The molecule has 4 nitrogen and oxygen atoms in total. The van der Waals surface area contributed by atoms with Gasteiger partial charge in [0, 0.05) is 12.5 Å². The Morgan fingerprint density at radius 1 is 1.50 bits per heavy atom. The Morgan fingerprint density at radius 2 is 2.07 bits per heavy atom. The van der Waals surface area contributed by atoms with E-state index in [4.69, 9.17) is 4.74 Å². The molecule has 0 spiro atoms. The molecule has 0 aliphatic rings. The minimum atomic E-state index is -0.478. The zero-order valence-electron chi connectivity index (χ0n) is 9.29. The zero-order valence-corrected chi connectivity index (χ0v) is 9.29. The summed E-state index contributed by atoms with van der Waals surface area (Å²) in [5.41, 5.74) is -0.478. The smallest absolute Gasteiger partial charge is 0.407 e. The topological polar surface area (TPSA) is 55.4 Å². The lowest BCUT2D eigenvalue weighted by molar-refractivity contribution is -0.108. The third-order valence-corrected chi connectivity index (χ3v) is 1.48. The van der Waals surface area contributed by atoms with Gasteiger partial charge < -0.3 is 14.8 Å². The Balaban J connectivity index is 3.76. The lowest BCUT2D eigenvalue weighted by Gasteiger charge is -2.21. The van der Waals surface area contributed by atoms with Crippen LogP contribution in [-0.2, 0) is 9.53 Å². The standard InChI is InChI=1S/C10H19NO3/c1-8(6-5-7-12)11-9(13)14-10(2,3)4/h7-8H,5-6H2,1-4H3,(H,11,13)/t8-/m0/s1. The van der Waals surface area contributed by atoms with Crippen LogP contribution in [0.1, 0.15) is 40.5 Å². The van der Waals surface area contributed by atoms with Crippen molar-refractivity contribution in [2.75, 3.05) is 0 Å². The van der Waals surface area contributed by atoms with Gasteiger partial charge in [-0.25, -0.2) is 4.79 Å². The molecule has 0 rings (SSSR count). The molecule has 0 aliphatic carbocycles. The number of rotatable bonds is 4. The maximum absolute atomic E-state index is 11.2. The highest BCUT2D eigenvalue weighted by Crippen LogP contribution is 2.07. The normalized spacial score (nSPS) is 13.1. The SMILES string of the molecule is C[C@@H](CCC=O)NC(=O)OC(C)(C)C. The summed E-state index contributed by atoms with van der Waals surface area (Å²) < 4.78 is 5.05. The van der Waals surface area contributed by atoms with Crippen molar-refractivity contribution in [3.63, 3.8) is 0 Å². The first kappa shape index (κ1) is 12.9. The molecule has 0 heterocycles. The van der Waals surface area contributed by atoms with Crippen LogP contribution in [0.2, 0.25) is 0 Å². The molecule has 0 aromatic rings. The van der Waals surface area contributed by atoms with E-state index in [1.165, 1.54) is 0 Å². The predicted octanol–water partition coefficient (Wildman–Crippen LogP) is 1.88. The molecule has 82 valence electrons. The predicted molar refractivity (Wildman–Crippen MR) is 54.1 cm³/mol. The molecule has 0 saturated carbocycles. The number of hydrogen-bond acceptors (Lipinski definition) is 3. The molecule has 1 amide bonds. The molecule has 0 unspecified atom stereocenters. The van der Waals surface area contributed by atoms with Crippen LogP contribution in [0.25, 0.3) is 0 Å². The van der Waals surface area contributed by atoms with Gasteiger partial charge in [0.25, 0.3) is 0 Å². The van der Waals surface area contributed by atoms with E-state index in [1.54, 1.807) is 0 Å². The summed E-state index contributed by atoms with van der Waals surface area (Å²) >= 11 is 0. The maximum atomic E-state index is 11.2. The second kappa shape index (κ2) is 5.62. The van der Waals surface area contributed by atoms with Crippen molar-refractivity contribution in [1.29, 1.82) is 0 Å². The molecule has 0 bridgehead atoms. The number of aldehydes is 1. The fraction of sp³-hybridized carbons (Fsp3) is 0.800. The highest BCUT2D eigenvalue weighted by atomic mass is 16.6. The number of carbonyl (C=O) groups excluding carboxylic acids is 2. The molecule has 4 heteroatoms. The van der Waals surface area contributed by atoms with E-state index in [1.807, 2.05) is 27.7 Å². The molecule has 14 heavy (non-hydrogen) atoms. The number of carbonyl (C=O) groups is 2. The van der Waals surface area contributed by atoms with Gasteiger partial charge in [0.05, 0.1) is 0 Å². The number of amides is 1. The average molecular weight is 201 g/mol.